The average Bonchev–Trinajstić information content (AvgIpc) is 2.39. The summed E-state index contributed by atoms with van der Waals surface area (Å²) in [4.78, 5) is 26.7. The molecule has 0 spiro atoms. The quantitative estimate of drug-likeness (QED) is 0.773. The lowest BCUT2D eigenvalue weighted by Crippen LogP contribution is -2.46. The molecule has 104 valence electrons. The number of hydrogen-bond acceptors (Lipinski definition) is 5. The molecule has 7 heteroatoms. The number of aromatic nitrogens is 2. The lowest BCUT2D eigenvalue weighted by atomic mass is 10.2. The van der Waals surface area contributed by atoms with Crippen LogP contribution in [0, 0.1) is 0 Å². The predicted octanol–water partition coefficient (Wildman–Crippen LogP) is -0.827. The average molecular weight is 266 g/mol. The number of amides is 1. The molecule has 1 amide bonds. The van der Waals surface area contributed by atoms with Gasteiger partial charge in [-0.2, -0.15) is 5.10 Å². The highest BCUT2D eigenvalue weighted by Gasteiger charge is 2.22. The van der Waals surface area contributed by atoms with Crippen LogP contribution in [0.15, 0.2) is 16.9 Å². The molecule has 0 saturated carbocycles. The number of carbonyl (C=O) groups is 1. The van der Waals surface area contributed by atoms with E-state index in [0.29, 0.717) is 13.2 Å². The Morgan fingerprint density at radius 2 is 2.42 bits per heavy atom. The van der Waals surface area contributed by atoms with Crippen LogP contribution < -0.4 is 5.56 Å². The van der Waals surface area contributed by atoms with Gasteiger partial charge in [-0.1, -0.05) is 0 Å². The molecular weight excluding hydrogens is 248 g/mol. The largest absolute Gasteiger partial charge is 0.374 e. The number of likely N-dealkylation sites (N-methyl/N-ethyl adjacent to an activating group) is 2. The fourth-order valence-corrected chi connectivity index (χ4v) is 2.02. The Kier molecular flexibility index (Phi) is 4.28. The maximum absolute atomic E-state index is 12.1. The first kappa shape index (κ1) is 13.7. The summed E-state index contributed by atoms with van der Waals surface area (Å²) < 4.78 is 5.61. The van der Waals surface area contributed by atoms with Crippen LogP contribution in [0.4, 0.5) is 0 Å². The Bertz CT molecular complexity index is 481. The second-order valence-electron chi connectivity index (χ2n) is 4.75. The summed E-state index contributed by atoms with van der Waals surface area (Å²) in [6.07, 6.45) is 0.00969. The summed E-state index contributed by atoms with van der Waals surface area (Å²) in [6, 6.07) is 2.71. The number of hydrogen-bond donors (Lipinski definition) is 1. The Morgan fingerprint density at radius 1 is 1.63 bits per heavy atom. The van der Waals surface area contributed by atoms with Crippen molar-refractivity contribution in [3.05, 3.63) is 28.2 Å². The van der Waals surface area contributed by atoms with Gasteiger partial charge < -0.3 is 14.5 Å². The summed E-state index contributed by atoms with van der Waals surface area (Å²) in [5, 5.41) is 5.98. The number of morpholine rings is 1. The molecule has 1 aromatic rings. The number of rotatable bonds is 3. The van der Waals surface area contributed by atoms with E-state index in [2.05, 4.69) is 15.1 Å². The highest BCUT2D eigenvalue weighted by Crippen LogP contribution is 2.06. The van der Waals surface area contributed by atoms with Crippen molar-refractivity contribution < 1.29 is 9.53 Å². The molecule has 0 radical (unpaired) electrons. The van der Waals surface area contributed by atoms with E-state index in [1.54, 1.807) is 11.9 Å². The van der Waals surface area contributed by atoms with E-state index in [1.165, 1.54) is 12.1 Å². The molecule has 1 aliphatic heterocycles. The van der Waals surface area contributed by atoms with Gasteiger partial charge in [0.05, 0.1) is 12.7 Å². The maximum Gasteiger partial charge on any atom is 0.274 e. The number of ether oxygens (including phenoxy) is 1. The summed E-state index contributed by atoms with van der Waals surface area (Å²) >= 11 is 0. The SMILES string of the molecule is CN1CCOC(CN(C)C(=O)c2ccc(=O)[nH]n2)C1. The van der Waals surface area contributed by atoms with Crippen molar-refractivity contribution in [2.24, 2.45) is 0 Å². The summed E-state index contributed by atoms with van der Waals surface area (Å²) in [7, 11) is 3.73. The monoisotopic (exact) mass is 266 g/mol. The van der Waals surface area contributed by atoms with Gasteiger partial charge in [0.25, 0.3) is 11.5 Å². The van der Waals surface area contributed by atoms with Gasteiger partial charge in [0, 0.05) is 32.7 Å². The van der Waals surface area contributed by atoms with Crippen molar-refractivity contribution in [2.45, 2.75) is 6.10 Å². The zero-order valence-corrected chi connectivity index (χ0v) is 11.1. The third kappa shape index (κ3) is 3.62. The molecule has 1 aromatic heterocycles. The van der Waals surface area contributed by atoms with Crippen molar-refractivity contribution in [1.29, 1.82) is 0 Å². The Labute approximate surface area is 111 Å². The molecule has 0 aromatic carbocycles. The van der Waals surface area contributed by atoms with Crippen molar-refractivity contribution in [1.82, 2.24) is 20.0 Å². The molecule has 1 atom stereocenters. The third-order valence-corrected chi connectivity index (χ3v) is 3.06. The van der Waals surface area contributed by atoms with Crippen molar-refractivity contribution in [3.63, 3.8) is 0 Å². The van der Waals surface area contributed by atoms with Crippen LogP contribution in [-0.4, -0.2) is 72.3 Å². The van der Waals surface area contributed by atoms with E-state index >= 15 is 0 Å². The first-order valence-corrected chi connectivity index (χ1v) is 6.17. The highest BCUT2D eigenvalue weighted by atomic mass is 16.5. The zero-order chi connectivity index (χ0) is 13.8. The smallest absolute Gasteiger partial charge is 0.274 e. The van der Waals surface area contributed by atoms with Crippen LogP contribution in [0.25, 0.3) is 0 Å². The Hall–Kier alpha value is -1.73. The molecule has 19 heavy (non-hydrogen) atoms. The summed E-state index contributed by atoms with van der Waals surface area (Å²) in [5.74, 6) is -0.229. The van der Waals surface area contributed by atoms with E-state index in [1.807, 2.05) is 7.05 Å². The Balaban J connectivity index is 1.95. The van der Waals surface area contributed by atoms with Gasteiger partial charge in [-0.3, -0.25) is 9.59 Å². The standard InChI is InChI=1S/C12H18N4O3/c1-15-5-6-19-9(7-15)8-16(2)12(18)10-3-4-11(17)14-13-10/h3-4,9H,5-8H2,1-2H3,(H,14,17). The van der Waals surface area contributed by atoms with Crippen LogP contribution in [-0.2, 0) is 4.74 Å². The van der Waals surface area contributed by atoms with Gasteiger partial charge in [0.15, 0.2) is 0 Å². The summed E-state index contributed by atoms with van der Waals surface area (Å²) in [5.41, 5.74) is -0.0947. The van der Waals surface area contributed by atoms with E-state index in [-0.39, 0.29) is 23.3 Å². The Morgan fingerprint density at radius 3 is 3.05 bits per heavy atom. The van der Waals surface area contributed by atoms with E-state index in [0.717, 1.165) is 13.1 Å². The van der Waals surface area contributed by atoms with Gasteiger partial charge in [0.2, 0.25) is 0 Å². The molecule has 1 N–H and O–H groups in total. The van der Waals surface area contributed by atoms with Crippen LogP contribution in [0.3, 0.4) is 0 Å². The summed E-state index contributed by atoms with van der Waals surface area (Å²) in [6.45, 7) is 2.90. The molecule has 1 aliphatic rings. The topological polar surface area (TPSA) is 78.5 Å². The highest BCUT2D eigenvalue weighted by molar-refractivity contribution is 5.91. The lowest BCUT2D eigenvalue weighted by molar-refractivity contribution is -0.0302. The number of H-pyrrole nitrogens is 1. The zero-order valence-electron chi connectivity index (χ0n) is 11.1. The van der Waals surface area contributed by atoms with Crippen LogP contribution in [0.2, 0.25) is 0 Å². The number of nitrogens with zero attached hydrogens (tertiary/aromatic N) is 3. The second-order valence-corrected chi connectivity index (χ2v) is 4.75. The van der Waals surface area contributed by atoms with Crippen LogP contribution >= 0.6 is 0 Å². The van der Waals surface area contributed by atoms with E-state index < -0.39 is 0 Å². The van der Waals surface area contributed by atoms with Gasteiger partial charge >= 0.3 is 0 Å². The fourth-order valence-electron chi connectivity index (χ4n) is 2.02. The molecule has 1 fully saturated rings. The van der Waals surface area contributed by atoms with E-state index in [9.17, 15) is 9.59 Å². The van der Waals surface area contributed by atoms with Crippen molar-refractivity contribution in [3.8, 4) is 0 Å². The minimum atomic E-state index is -0.323. The molecule has 1 saturated heterocycles. The first-order chi connectivity index (χ1) is 9.06. The molecule has 0 aliphatic carbocycles. The van der Waals surface area contributed by atoms with Gasteiger partial charge in [0.1, 0.15) is 5.69 Å². The lowest BCUT2D eigenvalue weighted by Gasteiger charge is -2.32. The molecule has 2 heterocycles. The van der Waals surface area contributed by atoms with E-state index in [4.69, 9.17) is 4.74 Å². The van der Waals surface area contributed by atoms with Gasteiger partial charge in [-0.15, -0.1) is 0 Å². The van der Waals surface area contributed by atoms with Gasteiger partial charge in [-0.05, 0) is 13.1 Å². The predicted molar refractivity (Wildman–Crippen MR) is 69.1 cm³/mol. The number of carbonyl (C=O) groups excluding carboxylic acids is 1. The molecule has 0 bridgehead atoms. The fraction of sp³-hybridized carbons (Fsp3) is 0.583. The third-order valence-electron chi connectivity index (χ3n) is 3.06. The van der Waals surface area contributed by atoms with Crippen LogP contribution in [0.5, 0.6) is 0 Å². The number of aromatic amines is 1. The minimum absolute atomic E-state index is 0.00969. The number of nitrogens with one attached hydrogen (secondary N) is 1. The van der Waals surface area contributed by atoms with Crippen LogP contribution in [0.1, 0.15) is 10.5 Å². The second kappa shape index (κ2) is 5.94. The minimum Gasteiger partial charge on any atom is -0.374 e. The first-order valence-electron chi connectivity index (χ1n) is 6.17. The molecule has 7 nitrogen and oxygen atoms in total. The molecule has 2 rings (SSSR count). The normalized spacial score (nSPS) is 20.2. The van der Waals surface area contributed by atoms with Crippen molar-refractivity contribution in [2.75, 3.05) is 40.3 Å². The molecule has 1 unspecified atom stereocenters. The maximum atomic E-state index is 12.1. The van der Waals surface area contributed by atoms with Gasteiger partial charge in [-0.25, -0.2) is 5.10 Å². The molecular formula is C12H18N4O3. The van der Waals surface area contributed by atoms with Crippen molar-refractivity contribution >= 4 is 5.91 Å².